The number of para-hydroxylation sites is 1. The molecular formula is C25H20N2O4. The number of fused-ring (bicyclic) bond motifs is 3. The Hall–Kier alpha value is -4.06. The van der Waals surface area contributed by atoms with Crippen molar-refractivity contribution in [2.24, 2.45) is 7.05 Å². The quantitative estimate of drug-likeness (QED) is 0.444. The Kier molecular flexibility index (Phi) is 4.47. The second-order valence-corrected chi connectivity index (χ2v) is 7.43. The van der Waals surface area contributed by atoms with Gasteiger partial charge in [-0.1, -0.05) is 30.3 Å². The summed E-state index contributed by atoms with van der Waals surface area (Å²) in [6, 6.07) is 18.5. The number of aryl methyl sites for hydroxylation is 1. The molecule has 0 saturated heterocycles. The van der Waals surface area contributed by atoms with Crippen LogP contribution in [0.5, 0.6) is 5.75 Å². The van der Waals surface area contributed by atoms with E-state index < -0.39 is 0 Å². The van der Waals surface area contributed by atoms with Crippen molar-refractivity contribution in [1.82, 2.24) is 9.13 Å². The minimum atomic E-state index is -0.237. The molecule has 0 atom stereocenters. The summed E-state index contributed by atoms with van der Waals surface area (Å²) in [7, 11) is 3.43. The zero-order valence-corrected chi connectivity index (χ0v) is 17.2. The van der Waals surface area contributed by atoms with Gasteiger partial charge in [0.05, 0.1) is 30.9 Å². The lowest BCUT2D eigenvalue weighted by Gasteiger charge is -2.06. The van der Waals surface area contributed by atoms with Crippen molar-refractivity contribution in [3.63, 3.8) is 0 Å². The highest BCUT2D eigenvalue weighted by atomic mass is 16.5. The predicted molar refractivity (Wildman–Crippen MR) is 121 cm³/mol. The molecule has 0 N–H and O–H groups in total. The standard InChI is InChI=1S/C25H20N2O4/c1-26-20-7-4-3-6-18(20)22-23(26)25(29)27(14-16-9-11-17(30-2)12-10-16)15-19(24(22)28)21-8-5-13-31-21/h3-13,15H,14H2,1-2H3. The van der Waals surface area contributed by atoms with Crippen LogP contribution in [0, 0.1) is 0 Å². The molecule has 0 bridgehead atoms. The second kappa shape index (κ2) is 7.32. The van der Waals surface area contributed by atoms with E-state index in [9.17, 15) is 9.59 Å². The van der Waals surface area contributed by atoms with E-state index in [1.807, 2.05) is 55.6 Å². The van der Waals surface area contributed by atoms with Crippen molar-refractivity contribution in [1.29, 1.82) is 0 Å². The van der Waals surface area contributed by atoms with Crippen LogP contribution in [0.2, 0.25) is 0 Å². The Bertz CT molecular complexity index is 1530. The summed E-state index contributed by atoms with van der Waals surface area (Å²) in [5.74, 6) is 1.17. The minimum absolute atomic E-state index is 0.229. The molecule has 0 fully saturated rings. The van der Waals surface area contributed by atoms with E-state index in [1.54, 1.807) is 34.6 Å². The Morgan fingerprint density at radius 3 is 2.45 bits per heavy atom. The number of rotatable bonds is 4. The van der Waals surface area contributed by atoms with Gasteiger partial charge in [0.2, 0.25) is 5.43 Å². The van der Waals surface area contributed by atoms with Gasteiger partial charge in [0, 0.05) is 24.1 Å². The Balaban J connectivity index is 1.87. The highest BCUT2D eigenvalue weighted by molar-refractivity contribution is 6.08. The maximum absolute atomic E-state index is 13.7. The van der Waals surface area contributed by atoms with E-state index in [-0.39, 0.29) is 11.0 Å². The molecule has 0 aliphatic carbocycles. The largest absolute Gasteiger partial charge is 0.497 e. The first-order chi connectivity index (χ1) is 15.1. The molecule has 0 aliphatic rings. The fraction of sp³-hybridized carbons (Fsp3) is 0.120. The maximum atomic E-state index is 13.7. The lowest BCUT2D eigenvalue weighted by molar-refractivity contribution is 0.414. The molecule has 0 amide bonds. The highest BCUT2D eigenvalue weighted by Crippen LogP contribution is 2.25. The van der Waals surface area contributed by atoms with E-state index in [2.05, 4.69) is 0 Å². The minimum Gasteiger partial charge on any atom is -0.497 e. The van der Waals surface area contributed by atoms with Gasteiger partial charge in [-0.15, -0.1) is 0 Å². The highest BCUT2D eigenvalue weighted by Gasteiger charge is 2.19. The fourth-order valence-electron chi connectivity index (χ4n) is 4.07. The fourth-order valence-corrected chi connectivity index (χ4v) is 4.07. The molecule has 0 aliphatic heterocycles. The van der Waals surface area contributed by atoms with Crippen LogP contribution in [0.3, 0.4) is 0 Å². The van der Waals surface area contributed by atoms with Crippen LogP contribution < -0.4 is 15.7 Å². The molecular weight excluding hydrogens is 392 g/mol. The second-order valence-electron chi connectivity index (χ2n) is 7.43. The van der Waals surface area contributed by atoms with E-state index in [1.165, 1.54) is 6.26 Å². The number of nitrogens with zero attached hydrogens (tertiary/aromatic N) is 2. The molecule has 6 nitrogen and oxygen atoms in total. The van der Waals surface area contributed by atoms with Gasteiger partial charge in [-0.25, -0.2) is 0 Å². The molecule has 0 spiro atoms. The summed E-state index contributed by atoms with van der Waals surface area (Å²) >= 11 is 0. The first-order valence-corrected chi connectivity index (χ1v) is 9.90. The van der Waals surface area contributed by atoms with Gasteiger partial charge < -0.3 is 18.3 Å². The third-order valence-electron chi connectivity index (χ3n) is 5.63. The van der Waals surface area contributed by atoms with Crippen LogP contribution in [0.15, 0.2) is 87.1 Å². The van der Waals surface area contributed by atoms with Crippen molar-refractivity contribution in [3.05, 3.63) is 99.3 Å². The molecule has 5 rings (SSSR count). The molecule has 0 saturated carbocycles. The van der Waals surface area contributed by atoms with E-state index in [0.29, 0.717) is 28.8 Å². The van der Waals surface area contributed by atoms with Crippen molar-refractivity contribution in [2.45, 2.75) is 6.54 Å². The zero-order valence-electron chi connectivity index (χ0n) is 17.2. The van der Waals surface area contributed by atoms with Gasteiger partial charge in [-0.2, -0.15) is 0 Å². The molecule has 3 aromatic heterocycles. The van der Waals surface area contributed by atoms with Crippen LogP contribution in [-0.2, 0) is 13.6 Å². The summed E-state index contributed by atoms with van der Waals surface area (Å²) in [5, 5.41) is 1.16. The van der Waals surface area contributed by atoms with Gasteiger partial charge in [-0.3, -0.25) is 9.59 Å². The van der Waals surface area contributed by atoms with Gasteiger partial charge >= 0.3 is 0 Å². The van der Waals surface area contributed by atoms with Gasteiger partial charge in [0.15, 0.2) is 0 Å². The summed E-state index contributed by atoms with van der Waals surface area (Å²) < 4.78 is 14.1. The lowest BCUT2D eigenvalue weighted by atomic mass is 10.1. The number of benzene rings is 2. The Labute approximate surface area is 177 Å². The Morgan fingerprint density at radius 1 is 0.968 bits per heavy atom. The van der Waals surface area contributed by atoms with Crippen LogP contribution in [0.1, 0.15) is 5.56 Å². The predicted octanol–water partition coefficient (Wildman–Crippen LogP) is 4.17. The number of ether oxygens (including phenoxy) is 1. The van der Waals surface area contributed by atoms with E-state index in [4.69, 9.17) is 9.15 Å². The summed E-state index contributed by atoms with van der Waals surface area (Å²) in [5.41, 5.74) is 2.00. The lowest BCUT2D eigenvalue weighted by Crippen LogP contribution is -2.19. The topological polar surface area (TPSA) is 66.4 Å². The number of furan rings is 1. The third-order valence-corrected chi connectivity index (χ3v) is 5.63. The van der Waals surface area contributed by atoms with Crippen LogP contribution >= 0.6 is 0 Å². The maximum Gasteiger partial charge on any atom is 0.275 e. The van der Waals surface area contributed by atoms with Crippen molar-refractivity contribution >= 4 is 21.8 Å². The van der Waals surface area contributed by atoms with Crippen LogP contribution in [0.4, 0.5) is 0 Å². The van der Waals surface area contributed by atoms with E-state index >= 15 is 0 Å². The van der Waals surface area contributed by atoms with Crippen molar-refractivity contribution in [3.8, 4) is 17.1 Å². The average molecular weight is 412 g/mol. The molecule has 31 heavy (non-hydrogen) atoms. The van der Waals surface area contributed by atoms with Gasteiger partial charge in [0.25, 0.3) is 5.56 Å². The van der Waals surface area contributed by atoms with Crippen LogP contribution in [-0.4, -0.2) is 16.2 Å². The van der Waals surface area contributed by atoms with Gasteiger partial charge in [-0.05, 0) is 35.9 Å². The molecule has 2 aromatic carbocycles. The monoisotopic (exact) mass is 412 g/mol. The molecule has 0 radical (unpaired) electrons. The summed E-state index contributed by atoms with van der Waals surface area (Å²) in [6.07, 6.45) is 3.12. The number of hydrogen-bond acceptors (Lipinski definition) is 4. The van der Waals surface area contributed by atoms with Crippen molar-refractivity contribution in [2.75, 3.05) is 7.11 Å². The average Bonchev–Trinajstić information content (AvgIpc) is 3.40. The Morgan fingerprint density at radius 2 is 1.74 bits per heavy atom. The molecule has 6 heteroatoms. The molecule has 154 valence electrons. The molecule has 3 heterocycles. The number of methoxy groups -OCH3 is 1. The smallest absolute Gasteiger partial charge is 0.275 e. The van der Waals surface area contributed by atoms with E-state index in [0.717, 1.165) is 22.2 Å². The SMILES string of the molecule is COc1ccc(Cn2cc(-c3ccco3)c(=O)c3c4ccccc4n(C)c3c2=O)cc1. The number of hydrogen-bond donors (Lipinski definition) is 0. The molecule has 5 aromatic rings. The first-order valence-electron chi connectivity index (χ1n) is 9.90. The normalized spacial score (nSPS) is 11.3. The van der Waals surface area contributed by atoms with Crippen molar-refractivity contribution < 1.29 is 9.15 Å². The summed E-state index contributed by atoms with van der Waals surface area (Å²) in [4.78, 5) is 27.3. The molecule has 0 unspecified atom stereocenters. The summed E-state index contributed by atoms with van der Waals surface area (Å²) in [6.45, 7) is 0.307. The van der Waals surface area contributed by atoms with Crippen LogP contribution in [0.25, 0.3) is 33.1 Å². The zero-order chi connectivity index (χ0) is 21.5. The van der Waals surface area contributed by atoms with Gasteiger partial charge in [0.1, 0.15) is 17.0 Å². The first kappa shape index (κ1) is 18.9. The third kappa shape index (κ3) is 3.04. The number of aromatic nitrogens is 2.